The van der Waals surface area contributed by atoms with Gasteiger partial charge >= 0.3 is 0 Å². The Kier molecular flexibility index (Phi) is 4.55. The standard InChI is InChI=1S/C18H16O/c1-2-6-18(19)17-13-11-16(12-14-17)10-9-15-7-4-3-5-8-15/h2-5,7-8,11-14,18-19H,1,6H2. The lowest BCUT2D eigenvalue weighted by Gasteiger charge is -2.07. The Morgan fingerprint density at radius 2 is 1.53 bits per heavy atom. The van der Waals surface area contributed by atoms with Crippen LogP contribution < -0.4 is 0 Å². The van der Waals surface area contributed by atoms with E-state index in [-0.39, 0.29) is 0 Å². The van der Waals surface area contributed by atoms with Gasteiger partial charge in [-0.25, -0.2) is 0 Å². The quantitative estimate of drug-likeness (QED) is 0.648. The number of aliphatic hydroxyl groups excluding tert-OH is 1. The minimum atomic E-state index is -0.478. The SMILES string of the molecule is C=CCC(O)c1ccc(C#Cc2ccccc2)cc1. The van der Waals surface area contributed by atoms with Crippen molar-refractivity contribution in [3.8, 4) is 11.8 Å². The van der Waals surface area contributed by atoms with E-state index < -0.39 is 6.10 Å². The highest BCUT2D eigenvalue weighted by Gasteiger charge is 2.03. The molecule has 2 aromatic rings. The largest absolute Gasteiger partial charge is 0.388 e. The van der Waals surface area contributed by atoms with E-state index in [1.165, 1.54) is 0 Å². The summed E-state index contributed by atoms with van der Waals surface area (Å²) in [7, 11) is 0. The zero-order chi connectivity index (χ0) is 13.5. The molecule has 0 aliphatic heterocycles. The maximum absolute atomic E-state index is 9.81. The van der Waals surface area contributed by atoms with Crippen molar-refractivity contribution >= 4 is 0 Å². The van der Waals surface area contributed by atoms with Crippen LogP contribution in [0.2, 0.25) is 0 Å². The minimum Gasteiger partial charge on any atom is -0.388 e. The third-order valence-corrected chi connectivity index (χ3v) is 2.81. The number of benzene rings is 2. The normalized spacial score (nSPS) is 11.2. The first kappa shape index (κ1) is 13.1. The summed E-state index contributed by atoms with van der Waals surface area (Å²) in [6, 6.07) is 17.5. The lowest BCUT2D eigenvalue weighted by Crippen LogP contribution is -1.94. The van der Waals surface area contributed by atoms with Gasteiger partial charge in [-0.05, 0) is 36.2 Å². The molecule has 0 aromatic heterocycles. The van der Waals surface area contributed by atoms with Crippen LogP contribution in [0.15, 0.2) is 67.3 Å². The fourth-order valence-electron chi connectivity index (χ4n) is 1.75. The fraction of sp³-hybridized carbons (Fsp3) is 0.111. The summed E-state index contributed by atoms with van der Waals surface area (Å²) in [5.41, 5.74) is 2.84. The first-order valence-electron chi connectivity index (χ1n) is 6.25. The van der Waals surface area contributed by atoms with Crippen molar-refractivity contribution in [1.82, 2.24) is 0 Å². The number of hydrogen-bond donors (Lipinski definition) is 1. The Balaban J connectivity index is 2.11. The molecule has 0 aliphatic rings. The van der Waals surface area contributed by atoms with Gasteiger partial charge in [0.1, 0.15) is 0 Å². The Labute approximate surface area is 114 Å². The first-order valence-corrected chi connectivity index (χ1v) is 6.25. The molecule has 1 unspecified atom stereocenters. The summed E-state index contributed by atoms with van der Waals surface area (Å²) < 4.78 is 0. The van der Waals surface area contributed by atoms with Crippen LogP contribution >= 0.6 is 0 Å². The van der Waals surface area contributed by atoms with E-state index in [0.29, 0.717) is 6.42 Å². The summed E-state index contributed by atoms with van der Waals surface area (Å²) in [5, 5.41) is 9.81. The van der Waals surface area contributed by atoms with E-state index in [1.54, 1.807) is 6.08 Å². The summed E-state index contributed by atoms with van der Waals surface area (Å²) in [6.07, 6.45) is 1.80. The molecule has 0 saturated carbocycles. The highest BCUT2D eigenvalue weighted by molar-refractivity contribution is 5.43. The second kappa shape index (κ2) is 6.58. The van der Waals surface area contributed by atoms with Gasteiger partial charge in [-0.3, -0.25) is 0 Å². The molecule has 0 saturated heterocycles. The topological polar surface area (TPSA) is 20.2 Å². The van der Waals surface area contributed by atoms with Gasteiger partial charge < -0.3 is 5.11 Å². The Morgan fingerprint density at radius 1 is 0.947 bits per heavy atom. The smallest absolute Gasteiger partial charge is 0.0824 e. The van der Waals surface area contributed by atoms with E-state index >= 15 is 0 Å². The molecule has 19 heavy (non-hydrogen) atoms. The van der Waals surface area contributed by atoms with Gasteiger partial charge in [-0.1, -0.05) is 48.2 Å². The van der Waals surface area contributed by atoms with Crippen LogP contribution in [0.1, 0.15) is 29.2 Å². The van der Waals surface area contributed by atoms with Crippen LogP contribution in [0.4, 0.5) is 0 Å². The molecule has 2 rings (SSSR count). The molecule has 0 radical (unpaired) electrons. The molecule has 0 bridgehead atoms. The van der Waals surface area contributed by atoms with Gasteiger partial charge in [0, 0.05) is 11.1 Å². The molecule has 1 atom stereocenters. The van der Waals surface area contributed by atoms with Gasteiger partial charge in [0.25, 0.3) is 0 Å². The van der Waals surface area contributed by atoms with Crippen molar-refractivity contribution < 1.29 is 5.11 Å². The predicted molar refractivity (Wildman–Crippen MR) is 78.6 cm³/mol. The highest BCUT2D eigenvalue weighted by Crippen LogP contribution is 2.17. The van der Waals surface area contributed by atoms with Gasteiger partial charge in [0.05, 0.1) is 6.10 Å². The third kappa shape index (κ3) is 3.84. The zero-order valence-electron chi connectivity index (χ0n) is 10.7. The van der Waals surface area contributed by atoms with E-state index in [4.69, 9.17) is 0 Å². The first-order chi connectivity index (χ1) is 9.29. The zero-order valence-corrected chi connectivity index (χ0v) is 10.7. The van der Waals surface area contributed by atoms with Crippen molar-refractivity contribution in [3.05, 3.63) is 83.9 Å². The van der Waals surface area contributed by atoms with Gasteiger partial charge in [0.2, 0.25) is 0 Å². The molecule has 0 amide bonds. The van der Waals surface area contributed by atoms with Crippen molar-refractivity contribution in [2.75, 3.05) is 0 Å². The molecule has 1 N–H and O–H groups in total. The Morgan fingerprint density at radius 3 is 2.11 bits per heavy atom. The minimum absolute atomic E-state index is 0.478. The molecule has 1 heteroatoms. The van der Waals surface area contributed by atoms with Crippen LogP contribution in [-0.4, -0.2) is 5.11 Å². The van der Waals surface area contributed by atoms with Crippen LogP contribution in [0.5, 0.6) is 0 Å². The maximum atomic E-state index is 9.81. The second-order valence-electron chi connectivity index (χ2n) is 4.28. The number of aliphatic hydroxyl groups is 1. The molecule has 94 valence electrons. The van der Waals surface area contributed by atoms with Crippen LogP contribution in [-0.2, 0) is 0 Å². The predicted octanol–water partition coefficient (Wildman–Crippen LogP) is 3.70. The van der Waals surface area contributed by atoms with Gasteiger partial charge in [0.15, 0.2) is 0 Å². The highest BCUT2D eigenvalue weighted by atomic mass is 16.3. The van der Waals surface area contributed by atoms with E-state index in [1.807, 2.05) is 54.6 Å². The Hall–Kier alpha value is -2.30. The molecule has 0 fully saturated rings. The van der Waals surface area contributed by atoms with E-state index in [9.17, 15) is 5.11 Å². The van der Waals surface area contributed by atoms with Gasteiger partial charge in [-0.2, -0.15) is 0 Å². The molecular formula is C18H16O. The Bertz CT molecular complexity index is 585. The van der Waals surface area contributed by atoms with Crippen molar-refractivity contribution in [2.24, 2.45) is 0 Å². The lowest BCUT2D eigenvalue weighted by molar-refractivity contribution is 0.181. The monoisotopic (exact) mass is 248 g/mol. The number of rotatable bonds is 3. The number of hydrogen-bond acceptors (Lipinski definition) is 1. The van der Waals surface area contributed by atoms with Crippen LogP contribution in [0.25, 0.3) is 0 Å². The van der Waals surface area contributed by atoms with Crippen LogP contribution in [0.3, 0.4) is 0 Å². The summed E-state index contributed by atoms with van der Waals surface area (Å²) in [4.78, 5) is 0. The average Bonchev–Trinajstić information content (AvgIpc) is 2.47. The summed E-state index contributed by atoms with van der Waals surface area (Å²) in [5.74, 6) is 6.21. The molecule has 0 aliphatic carbocycles. The van der Waals surface area contributed by atoms with E-state index in [2.05, 4.69) is 18.4 Å². The summed E-state index contributed by atoms with van der Waals surface area (Å²) >= 11 is 0. The molecule has 2 aromatic carbocycles. The van der Waals surface area contributed by atoms with Gasteiger partial charge in [-0.15, -0.1) is 6.58 Å². The lowest BCUT2D eigenvalue weighted by atomic mass is 10.0. The molecule has 1 nitrogen and oxygen atoms in total. The average molecular weight is 248 g/mol. The maximum Gasteiger partial charge on any atom is 0.0824 e. The fourth-order valence-corrected chi connectivity index (χ4v) is 1.75. The van der Waals surface area contributed by atoms with E-state index in [0.717, 1.165) is 16.7 Å². The molecule has 0 heterocycles. The van der Waals surface area contributed by atoms with Crippen molar-refractivity contribution in [1.29, 1.82) is 0 Å². The molecule has 0 spiro atoms. The molecular weight excluding hydrogens is 232 g/mol. The van der Waals surface area contributed by atoms with Crippen molar-refractivity contribution in [3.63, 3.8) is 0 Å². The third-order valence-electron chi connectivity index (χ3n) is 2.81. The second-order valence-corrected chi connectivity index (χ2v) is 4.28. The van der Waals surface area contributed by atoms with Crippen LogP contribution in [0, 0.1) is 11.8 Å². The summed E-state index contributed by atoms with van der Waals surface area (Å²) in [6.45, 7) is 3.62. The van der Waals surface area contributed by atoms with Crippen molar-refractivity contribution in [2.45, 2.75) is 12.5 Å².